The predicted octanol–water partition coefficient (Wildman–Crippen LogP) is 3.70. The zero-order chi connectivity index (χ0) is 19.6. The van der Waals surface area contributed by atoms with E-state index in [4.69, 9.17) is 4.74 Å². The highest BCUT2D eigenvalue weighted by molar-refractivity contribution is 5.96. The van der Waals surface area contributed by atoms with E-state index in [2.05, 4.69) is 4.98 Å². The van der Waals surface area contributed by atoms with Gasteiger partial charge in [-0.2, -0.15) is 0 Å². The number of benzene rings is 1. The number of aryl methyl sites for hydroxylation is 1. The van der Waals surface area contributed by atoms with E-state index in [1.807, 2.05) is 0 Å². The average Bonchev–Trinajstić information content (AvgIpc) is 2.97. The highest BCUT2D eigenvalue weighted by Crippen LogP contribution is 2.25. The largest absolute Gasteiger partial charge is 0.485 e. The van der Waals surface area contributed by atoms with Crippen molar-refractivity contribution in [1.82, 2.24) is 9.38 Å². The molecule has 0 bridgehead atoms. The van der Waals surface area contributed by atoms with E-state index in [0.717, 1.165) is 0 Å². The second-order valence-corrected chi connectivity index (χ2v) is 6.52. The number of fused-ring (bicyclic) bond motifs is 1. The Labute approximate surface area is 155 Å². The van der Waals surface area contributed by atoms with Gasteiger partial charge in [0.05, 0.1) is 11.3 Å². The van der Waals surface area contributed by atoms with Gasteiger partial charge in [-0.05, 0) is 37.1 Å². The molecule has 1 aromatic carbocycles. The third-order valence-corrected chi connectivity index (χ3v) is 4.33. The normalized spacial score (nSPS) is 12.3. The molecular formula is C20H20F2N2O3. The summed E-state index contributed by atoms with van der Waals surface area (Å²) in [7, 11) is 0. The molecule has 0 saturated heterocycles. The number of hydrogen-bond donors (Lipinski definition) is 1. The fourth-order valence-corrected chi connectivity index (χ4v) is 2.90. The van der Waals surface area contributed by atoms with Gasteiger partial charge in [-0.3, -0.25) is 9.20 Å². The maximum atomic E-state index is 13.8. The highest BCUT2D eigenvalue weighted by Gasteiger charge is 2.20. The van der Waals surface area contributed by atoms with Crippen LogP contribution < -0.4 is 4.74 Å². The van der Waals surface area contributed by atoms with Crippen LogP contribution in [-0.2, 0) is 6.61 Å². The predicted molar refractivity (Wildman–Crippen MR) is 95.8 cm³/mol. The van der Waals surface area contributed by atoms with Crippen molar-refractivity contribution >= 4 is 11.4 Å². The Kier molecular flexibility index (Phi) is 5.51. The lowest BCUT2D eigenvalue weighted by atomic mass is 10.0. The van der Waals surface area contributed by atoms with Crippen molar-refractivity contribution in [3.63, 3.8) is 0 Å². The number of rotatable bonds is 7. The molecule has 7 heteroatoms. The molecule has 1 N–H and O–H groups in total. The van der Waals surface area contributed by atoms with E-state index < -0.39 is 11.6 Å². The molecule has 0 aliphatic carbocycles. The van der Waals surface area contributed by atoms with Crippen LogP contribution in [0.4, 0.5) is 8.78 Å². The molecule has 1 atom stereocenters. The van der Waals surface area contributed by atoms with Gasteiger partial charge in [0, 0.05) is 19.2 Å². The Bertz CT molecular complexity index is 965. The summed E-state index contributed by atoms with van der Waals surface area (Å²) in [5.41, 5.74) is 1.16. The molecule has 2 aromatic heterocycles. The van der Waals surface area contributed by atoms with Gasteiger partial charge < -0.3 is 9.84 Å². The van der Waals surface area contributed by atoms with Gasteiger partial charge in [0.2, 0.25) is 0 Å². The zero-order valence-corrected chi connectivity index (χ0v) is 15.1. The monoisotopic (exact) mass is 374 g/mol. The van der Waals surface area contributed by atoms with Gasteiger partial charge in [0.1, 0.15) is 23.9 Å². The van der Waals surface area contributed by atoms with E-state index in [0.29, 0.717) is 22.8 Å². The van der Waals surface area contributed by atoms with Crippen LogP contribution in [0.15, 0.2) is 36.5 Å². The summed E-state index contributed by atoms with van der Waals surface area (Å²) < 4.78 is 34.8. The molecule has 5 nitrogen and oxygen atoms in total. The molecule has 0 aliphatic rings. The molecular weight excluding hydrogens is 354 g/mol. The molecule has 0 radical (unpaired) electrons. The van der Waals surface area contributed by atoms with Gasteiger partial charge in [0.25, 0.3) is 0 Å². The van der Waals surface area contributed by atoms with Crippen molar-refractivity contribution in [2.24, 2.45) is 5.92 Å². The smallest absolute Gasteiger partial charge is 0.181 e. The first-order valence-electron chi connectivity index (χ1n) is 8.59. The van der Waals surface area contributed by atoms with Crippen LogP contribution in [0.25, 0.3) is 5.65 Å². The summed E-state index contributed by atoms with van der Waals surface area (Å²) in [4.78, 5) is 17.0. The summed E-state index contributed by atoms with van der Waals surface area (Å²) in [6, 6.07) is 6.93. The number of aliphatic hydroxyl groups excluding tert-OH is 1. The number of aromatic nitrogens is 2. The quantitative estimate of drug-likeness (QED) is 0.641. The van der Waals surface area contributed by atoms with Crippen molar-refractivity contribution in [3.8, 4) is 5.75 Å². The van der Waals surface area contributed by atoms with Gasteiger partial charge in [0.15, 0.2) is 17.2 Å². The number of nitrogens with zero attached hydrogens (tertiary/aromatic N) is 2. The topological polar surface area (TPSA) is 63.8 Å². The van der Waals surface area contributed by atoms with Crippen LogP contribution in [-0.4, -0.2) is 26.9 Å². The van der Waals surface area contributed by atoms with Gasteiger partial charge in [-0.25, -0.2) is 13.8 Å². The molecule has 2 heterocycles. The van der Waals surface area contributed by atoms with Crippen LogP contribution in [0, 0.1) is 24.5 Å². The Morgan fingerprint density at radius 3 is 2.63 bits per heavy atom. The van der Waals surface area contributed by atoms with Crippen LogP contribution >= 0.6 is 0 Å². The number of Topliss-reactive ketones (excluding diaryl/α,β-unsaturated/α-hetero) is 1. The maximum absolute atomic E-state index is 13.8. The van der Waals surface area contributed by atoms with Crippen LogP contribution in [0.1, 0.15) is 35.1 Å². The Hall–Kier alpha value is -2.80. The molecule has 3 aromatic rings. The SMILES string of the molecule is Cc1nc2c(OCc3c(F)cccc3F)cccn2c1C(=O)C[C@H](C)CO. The van der Waals surface area contributed by atoms with Crippen molar-refractivity contribution in [3.05, 3.63) is 65.1 Å². The van der Waals surface area contributed by atoms with E-state index in [-0.39, 0.29) is 36.9 Å². The number of ether oxygens (including phenoxy) is 1. The first-order valence-corrected chi connectivity index (χ1v) is 8.59. The van der Waals surface area contributed by atoms with E-state index in [9.17, 15) is 18.7 Å². The van der Waals surface area contributed by atoms with Crippen molar-refractivity contribution in [2.45, 2.75) is 26.9 Å². The third kappa shape index (κ3) is 3.83. The van der Waals surface area contributed by atoms with Crippen molar-refractivity contribution < 1.29 is 23.4 Å². The second kappa shape index (κ2) is 7.84. The standard InChI is InChI=1S/C20H20F2N2O3/c1-12(10-25)9-17(26)19-13(2)23-20-18(7-4-8-24(19)20)27-11-14-15(21)5-3-6-16(14)22/h3-8,12,25H,9-11H2,1-2H3/t12-/m0/s1. The molecule has 0 amide bonds. The lowest BCUT2D eigenvalue weighted by molar-refractivity contribution is 0.0937. The zero-order valence-electron chi connectivity index (χ0n) is 15.1. The first-order chi connectivity index (χ1) is 12.9. The molecule has 0 fully saturated rings. The Morgan fingerprint density at radius 2 is 1.96 bits per heavy atom. The fourth-order valence-electron chi connectivity index (χ4n) is 2.90. The van der Waals surface area contributed by atoms with Gasteiger partial charge >= 0.3 is 0 Å². The molecule has 0 aliphatic heterocycles. The number of pyridine rings is 1. The third-order valence-electron chi connectivity index (χ3n) is 4.33. The summed E-state index contributed by atoms with van der Waals surface area (Å²) in [5.74, 6) is -1.35. The van der Waals surface area contributed by atoms with Crippen LogP contribution in [0.2, 0.25) is 0 Å². The highest BCUT2D eigenvalue weighted by atomic mass is 19.1. The number of aliphatic hydroxyl groups is 1. The van der Waals surface area contributed by atoms with E-state index >= 15 is 0 Å². The number of carbonyl (C=O) groups excluding carboxylic acids is 1. The Morgan fingerprint density at radius 1 is 1.26 bits per heavy atom. The van der Waals surface area contributed by atoms with Crippen LogP contribution in [0.3, 0.4) is 0 Å². The van der Waals surface area contributed by atoms with E-state index in [1.54, 1.807) is 36.6 Å². The van der Waals surface area contributed by atoms with Crippen LogP contribution in [0.5, 0.6) is 5.75 Å². The van der Waals surface area contributed by atoms with E-state index in [1.165, 1.54) is 18.2 Å². The second-order valence-electron chi connectivity index (χ2n) is 6.52. The number of ketones is 1. The maximum Gasteiger partial charge on any atom is 0.181 e. The average molecular weight is 374 g/mol. The summed E-state index contributed by atoms with van der Waals surface area (Å²) in [5, 5.41) is 9.17. The molecule has 0 unspecified atom stereocenters. The van der Waals surface area contributed by atoms with Crippen molar-refractivity contribution in [1.29, 1.82) is 0 Å². The van der Waals surface area contributed by atoms with Gasteiger partial charge in [-0.1, -0.05) is 13.0 Å². The first kappa shape index (κ1) is 19.0. The molecule has 3 rings (SSSR count). The summed E-state index contributed by atoms with van der Waals surface area (Å²) in [6.07, 6.45) is 1.87. The minimum absolute atomic E-state index is 0.0793. The molecule has 0 spiro atoms. The number of carbonyl (C=O) groups is 1. The molecule has 0 saturated carbocycles. The lowest BCUT2D eigenvalue weighted by Crippen LogP contribution is -2.12. The number of hydrogen-bond acceptors (Lipinski definition) is 4. The van der Waals surface area contributed by atoms with Gasteiger partial charge in [-0.15, -0.1) is 0 Å². The fraction of sp³-hybridized carbons (Fsp3) is 0.300. The minimum Gasteiger partial charge on any atom is -0.485 e. The molecule has 27 heavy (non-hydrogen) atoms. The Balaban J connectivity index is 1.92. The lowest BCUT2D eigenvalue weighted by Gasteiger charge is -2.10. The summed E-state index contributed by atoms with van der Waals surface area (Å²) >= 11 is 0. The molecule has 142 valence electrons. The number of imidazole rings is 1. The number of halogens is 2. The minimum atomic E-state index is -0.685. The summed E-state index contributed by atoms with van der Waals surface area (Å²) in [6.45, 7) is 3.12. The van der Waals surface area contributed by atoms with Crippen molar-refractivity contribution in [2.75, 3.05) is 6.61 Å².